The Labute approximate surface area is 165 Å². The third-order valence-electron chi connectivity index (χ3n) is 4.93. The first kappa shape index (κ1) is 20.2. The molecule has 2 aromatic rings. The van der Waals surface area contributed by atoms with Gasteiger partial charge >= 0.3 is 0 Å². The van der Waals surface area contributed by atoms with Crippen LogP contribution in [0.1, 0.15) is 16.8 Å². The highest BCUT2D eigenvalue weighted by Crippen LogP contribution is 2.31. The zero-order valence-electron chi connectivity index (χ0n) is 16.0. The maximum Gasteiger partial charge on any atom is 0.251 e. The molecule has 0 spiro atoms. The minimum Gasteiger partial charge on any atom is -0.495 e. The second-order valence-corrected chi connectivity index (χ2v) is 8.49. The molecule has 0 aliphatic carbocycles. The maximum atomic E-state index is 12.5. The number of benzene rings is 2. The lowest BCUT2D eigenvalue weighted by molar-refractivity contribution is 0.0963. The number of ether oxygens (including phenoxy) is 1. The number of methoxy groups -OCH3 is 1. The predicted octanol–water partition coefficient (Wildman–Crippen LogP) is 1.86. The van der Waals surface area contributed by atoms with Crippen molar-refractivity contribution < 1.29 is 17.9 Å². The Morgan fingerprint density at radius 3 is 2.57 bits per heavy atom. The summed E-state index contributed by atoms with van der Waals surface area (Å²) in [7, 11) is -0.436. The number of amides is 1. The van der Waals surface area contributed by atoms with Gasteiger partial charge in [-0.2, -0.15) is 0 Å². The summed E-state index contributed by atoms with van der Waals surface area (Å²) in [6.07, 6.45) is 0.899. The second kappa shape index (κ2) is 8.62. The minimum atomic E-state index is -3.62. The van der Waals surface area contributed by atoms with Crippen molar-refractivity contribution in [3.8, 4) is 5.75 Å². The molecule has 0 saturated carbocycles. The quantitative estimate of drug-likeness (QED) is 0.737. The lowest BCUT2D eigenvalue weighted by Gasteiger charge is -2.21. The van der Waals surface area contributed by atoms with Crippen LogP contribution in [0, 0.1) is 5.92 Å². The van der Waals surface area contributed by atoms with E-state index < -0.39 is 10.0 Å². The number of hydrogen-bond donors (Lipinski definition) is 2. The van der Waals surface area contributed by atoms with Gasteiger partial charge in [-0.15, -0.1) is 0 Å². The molecule has 150 valence electrons. The summed E-state index contributed by atoms with van der Waals surface area (Å²) < 4.78 is 33.2. The van der Waals surface area contributed by atoms with Gasteiger partial charge < -0.3 is 15.0 Å². The average molecular weight is 404 g/mol. The fraction of sp³-hybridized carbons (Fsp3) is 0.350. The van der Waals surface area contributed by atoms with Crippen molar-refractivity contribution in [2.45, 2.75) is 11.3 Å². The molecule has 8 heteroatoms. The van der Waals surface area contributed by atoms with E-state index in [-0.39, 0.29) is 16.7 Å². The van der Waals surface area contributed by atoms with E-state index in [0.717, 1.165) is 30.9 Å². The van der Waals surface area contributed by atoms with Gasteiger partial charge in [0.1, 0.15) is 5.75 Å². The Bertz CT molecular complexity index is 929. The van der Waals surface area contributed by atoms with E-state index in [2.05, 4.69) is 14.9 Å². The monoisotopic (exact) mass is 403 g/mol. The van der Waals surface area contributed by atoms with Gasteiger partial charge in [0.2, 0.25) is 10.0 Å². The van der Waals surface area contributed by atoms with Crippen LogP contribution < -0.4 is 19.7 Å². The minimum absolute atomic E-state index is 0.153. The molecule has 1 aliphatic rings. The van der Waals surface area contributed by atoms with Crippen LogP contribution in [-0.4, -0.2) is 48.1 Å². The lowest BCUT2D eigenvalue weighted by Crippen LogP contribution is -2.31. The van der Waals surface area contributed by atoms with Crippen molar-refractivity contribution in [1.82, 2.24) is 10.0 Å². The van der Waals surface area contributed by atoms with Crippen LogP contribution in [0.3, 0.4) is 0 Å². The van der Waals surface area contributed by atoms with E-state index in [1.54, 1.807) is 7.11 Å². The molecule has 3 rings (SSSR count). The molecule has 1 atom stereocenters. The number of carbonyl (C=O) groups excluding carboxylic acids is 1. The van der Waals surface area contributed by atoms with E-state index in [9.17, 15) is 13.2 Å². The lowest BCUT2D eigenvalue weighted by atomic mass is 10.1. The molecule has 0 aromatic heterocycles. The Balaban J connectivity index is 1.60. The predicted molar refractivity (Wildman–Crippen MR) is 108 cm³/mol. The topological polar surface area (TPSA) is 87.7 Å². The number of hydrogen-bond acceptors (Lipinski definition) is 5. The third-order valence-corrected chi connectivity index (χ3v) is 6.37. The number of nitrogens with zero attached hydrogens (tertiary/aromatic N) is 1. The van der Waals surface area contributed by atoms with Gasteiger partial charge in [0, 0.05) is 32.2 Å². The standard InChI is InChI=1S/C20H25N3O4S/c1-21-20(24)16-7-9-17(10-8-16)28(25,26)22-13-15-11-12-23(14-15)18-5-3-4-6-19(18)27-2/h3-10,15,22H,11-14H2,1-2H3,(H,21,24). The van der Waals surface area contributed by atoms with Crippen molar-refractivity contribution in [3.63, 3.8) is 0 Å². The van der Waals surface area contributed by atoms with E-state index in [4.69, 9.17) is 4.74 Å². The molecule has 1 saturated heterocycles. The van der Waals surface area contributed by atoms with Crippen molar-refractivity contribution in [3.05, 3.63) is 54.1 Å². The highest BCUT2D eigenvalue weighted by molar-refractivity contribution is 7.89. The Hall–Kier alpha value is -2.58. The van der Waals surface area contributed by atoms with Crippen LogP contribution in [0.4, 0.5) is 5.69 Å². The first-order valence-corrected chi connectivity index (χ1v) is 10.6. The number of sulfonamides is 1. The summed E-state index contributed by atoms with van der Waals surface area (Å²) in [5.74, 6) is 0.782. The Morgan fingerprint density at radius 1 is 1.18 bits per heavy atom. The van der Waals surface area contributed by atoms with Gasteiger partial charge in [-0.3, -0.25) is 4.79 Å². The van der Waals surface area contributed by atoms with Crippen LogP contribution in [0.5, 0.6) is 5.75 Å². The number of anilines is 1. The Morgan fingerprint density at radius 2 is 1.89 bits per heavy atom. The zero-order chi connectivity index (χ0) is 20.1. The molecule has 1 fully saturated rings. The summed E-state index contributed by atoms with van der Waals surface area (Å²) in [5, 5.41) is 2.51. The molecule has 1 aliphatic heterocycles. The van der Waals surface area contributed by atoms with Crippen LogP contribution in [-0.2, 0) is 10.0 Å². The second-order valence-electron chi connectivity index (χ2n) is 6.73. The molecular weight excluding hydrogens is 378 g/mol. The van der Waals surface area contributed by atoms with Crippen molar-refractivity contribution in [2.24, 2.45) is 5.92 Å². The van der Waals surface area contributed by atoms with Crippen LogP contribution in [0.15, 0.2) is 53.4 Å². The molecule has 2 N–H and O–H groups in total. The first-order valence-electron chi connectivity index (χ1n) is 9.14. The van der Waals surface area contributed by atoms with Gasteiger partial charge in [-0.1, -0.05) is 12.1 Å². The van der Waals surface area contributed by atoms with Crippen LogP contribution in [0.2, 0.25) is 0 Å². The summed E-state index contributed by atoms with van der Waals surface area (Å²) in [6.45, 7) is 1.98. The first-order chi connectivity index (χ1) is 13.4. The van der Waals surface area contributed by atoms with Gasteiger partial charge in [0.25, 0.3) is 5.91 Å². The van der Waals surface area contributed by atoms with Crippen LogP contribution in [0.25, 0.3) is 0 Å². The van der Waals surface area contributed by atoms with Crippen molar-refractivity contribution in [1.29, 1.82) is 0 Å². The molecule has 1 unspecified atom stereocenters. The normalized spacial score (nSPS) is 16.8. The SMILES string of the molecule is CNC(=O)c1ccc(S(=O)(=O)NCC2CCN(c3ccccc3OC)C2)cc1. The largest absolute Gasteiger partial charge is 0.495 e. The van der Waals surface area contributed by atoms with Crippen LogP contribution >= 0.6 is 0 Å². The van der Waals surface area contributed by atoms with E-state index >= 15 is 0 Å². The van der Waals surface area contributed by atoms with Crippen molar-refractivity contribution in [2.75, 3.05) is 38.7 Å². The number of nitrogens with one attached hydrogen (secondary N) is 2. The highest BCUT2D eigenvalue weighted by Gasteiger charge is 2.26. The molecule has 28 heavy (non-hydrogen) atoms. The van der Waals surface area contributed by atoms with Gasteiger partial charge in [-0.25, -0.2) is 13.1 Å². The fourth-order valence-corrected chi connectivity index (χ4v) is 4.47. The summed E-state index contributed by atoms with van der Waals surface area (Å²) in [5.41, 5.74) is 1.45. The maximum absolute atomic E-state index is 12.5. The molecular formula is C20H25N3O4S. The summed E-state index contributed by atoms with van der Waals surface area (Å²) in [4.78, 5) is 13.9. The van der Waals surface area contributed by atoms with Gasteiger partial charge in [-0.05, 0) is 48.7 Å². The smallest absolute Gasteiger partial charge is 0.251 e. The number of carbonyl (C=O) groups is 1. The number of rotatable bonds is 7. The molecule has 0 bridgehead atoms. The molecule has 2 aromatic carbocycles. The third kappa shape index (κ3) is 4.45. The van der Waals surface area contributed by atoms with E-state index in [0.29, 0.717) is 12.1 Å². The molecule has 7 nitrogen and oxygen atoms in total. The summed E-state index contributed by atoms with van der Waals surface area (Å²) >= 11 is 0. The van der Waals surface area contributed by atoms with Gasteiger partial charge in [0.15, 0.2) is 0 Å². The van der Waals surface area contributed by atoms with Gasteiger partial charge in [0.05, 0.1) is 17.7 Å². The van der Waals surface area contributed by atoms with Crippen molar-refractivity contribution >= 4 is 21.6 Å². The molecule has 0 radical (unpaired) electrons. The zero-order valence-corrected chi connectivity index (χ0v) is 16.8. The average Bonchev–Trinajstić information content (AvgIpc) is 3.21. The molecule has 1 heterocycles. The Kier molecular flexibility index (Phi) is 6.21. The van der Waals surface area contributed by atoms with E-state index in [1.165, 1.54) is 31.3 Å². The molecule has 1 amide bonds. The summed E-state index contributed by atoms with van der Waals surface area (Å²) in [6, 6.07) is 13.7. The fourth-order valence-electron chi connectivity index (χ4n) is 3.35. The number of para-hydroxylation sites is 2. The van der Waals surface area contributed by atoms with E-state index in [1.807, 2.05) is 24.3 Å². The highest BCUT2D eigenvalue weighted by atomic mass is 32.2.